The van der Waals surface area contributed by atoms with Gasteiger partial charge in [0, 0.05) is 43.1 Å². The zero-order valence-corrected chi connectivity index (χ0v) is 15.9. The van der Waals surface area contributed by atoms with Gasteiger partial charge in [-0.3, -0.25) is 9.59 Å². The molecule has 29 heavy (non-hydrogen) atoms. The van der Waals surface area contributed by atoms with Crippen LogP contribution in [0, 0.1) is 12.3 Å². The molecule has 0 atom stereocenters. The second-order valence-corrected chi connectivity index (χ2v) is 6.67. The summed E-state index contributed by atoms with van der Waals surface area (Å²) >= 11 is 0. The number of hydrogen-bond acceptors (Lipinski definition) is 5. The number of carbonyl (C=O) groups excluding carboxylic acids is 2. The van der Waals surface area contributed by atoms with E-state index in [4.69, 9.17) is 11.2 Å². The van der Waals surface area contributed by atoms with E-state index in [2.05, 4.69) is 26.8 Å². The molecule has 1 heterocycles. The van der Waals surface area contributed by atoms with Gasteiger partial charge in [0.15, 0.2) is 12.3 Å². The summed E-state index contributed by atoms with van der Waals surface area (Å²) in [5.74, 6) is 2.66. The third-order valence-electron chi connectivity index (χ3n) is 4.35. The number of nitrogens with zero attached hydrogens (tertiary/aromatic N) is 2. The summed E-state index contributed by atoms with van der Waals surface area (Å²) in [6.45, 7) is -0.132. The van der Waals surface area contributed by atoms with Crippen molar-refractivity contribution in [2.24, 2.45) is 10.2 Å². The number of benzene rings is 2. The second-order valence-electron chi connectivity index (χ2n) is 6.67. The molecule has 0 bridgehead atoms. The van der Waals surface area contributed by atoms with Crippen LogP contribution in [0.4, 0.5) is 11.4 Å². The Morgan fingerprint density at radius 1 is 0.966 bits per heavy atom. The zero-order chi connectivity index (χ0) is 20.5. The number of para-hydroxylation sites is 1. The van der Waals surface area contributed by atoms with E-state index in [1.165, 1.54) is 0 Å². The van der Waals surface area contributed by atoms with Crippen molar-refractivity contribution >= 4 is 23.2 Å². The molecule has 7 heteroatoms. The Hall–Kier alpha value is -3.66. The topological polar surface area (TPSA) is 92.1 Å². The first kappa shape index (κ1) is 20.1. The molecule has 2 N–H and O–H groups in total. The summed E-state index contributed by atoms with van der Waals surface area (Å²) in [5.41, 5.74) is 0.829. The van der Waals surface area contributed by atoms with Gasteiger partial charge in [-0.1, -0.05) is 24.3 Å². The third kappa shape index (κ3) is 6.47. The van der Waals surface area contributed by atoms with E-state index >= 15 is 0 Å². The minimum absolute atomic E-state index is 0.132. The highest BCUT2D eigenvalue weighted by atomic mass is 16.5. The van der Waals surface area contributed by atoms with Gasteiger partial charge in [0.1, 0.15) is 5.75 Å². The third-order valence-corrected chi connectivity index (χ3v) is 4.35. The van der Waals surface area contributed by atoms with Crippen LogP contribution in [0.1, 0.15) is 25.7 Å². The van der Waals surface area contributed by atoms with E-state index in [-0.39, 0.29) is 18.4 Å². The normalized spacial score (nSPS) is 13.2. The minimum Gasteiger partial charge on any atom is -0.484 e. The summed E-state index contributed by atoms with van der Waals surface area (Å²) in [4.78, 5) is 24.2. The lowest BCUT2D eigenvalue weighted by Gasteiger charge is -2.11. The number of nitrogens with one attached hydrogen (secondary N) is 2. The van der Waals surface area contributed by atoms with Crippen LogP contribution in [0.2, 0.25) is 0 Å². The molecular formula is C22H22N4O3. The van der Waals surface area contributed by atoms with Gasteiger partial charge in [-0.05, 0) is 24.3 Å². The lowest BCUT2D eigenvalue weighted by Crippen LogP contribution is -2.20. The number of hydrogen-bond donors (Lipinski definition) is 2. The maximum Gasteiger partial charge on any atom is 0.262 e. The van der Waals surface area contributed by atoms with E-state index in [0.29, 0.717) is 42.8 Å². The van der Waals surface area contributed by atoms with Crippen LogP contribution in [0.25, 0.3) is 0 Å². The smallest absolute Gasteiger partial charge is 0.262 e. The van der Waals surface area contributed by atoms with Crippen molar-refractivity contribution in [3.8, 4) is 18.1 Å². The fourth-order valence-corrected chi connectivity index (χ4v) is 2.74. The van der Waals surface area contributed by atoms with E-state index in [1.54, 1.807) is 36.4 Å². The maximum atomic E-state index is 12.2. The van der Waals surface area contributed by atoms with Crippen molar-refractivity contribution in [1.82, 2.24) is 0 Å². The molecule has 2 aromatic rings. The first-order valence-electron chi connectivity index (χ1n) is 9.34. The van der Waals surface area contributed by atoms with Gasteiger partial charge < -0.3 is 15.4 Å². The SMILES string of the molecule is C#CCCC1(CCC(=O)Nc2cccc(OCC(=O)Nc3ccccc3)c2)N=N1. The van der Waals surface area contributed by atoms with Gasteiger partial charge in [-0.2, -0.15) is 10.2 Å². The fraction of sp³-hybridized carbons (Fsp3) is 0.273. The summed E-state index contributed by atoms with van der Waals surface area (Å²) in [7, 11) is 0. The van der Waals surface area contributed by atoms with Gasteiger partial charge in [-0.25, -0.2) is 0 Å². The average molecular weight is 390 g/mol. The van der Waals surface area contributed by atoms with E-state index in [1.807, 2.05) is 18.2 Å². The quantitative estimate of drug-likeness (QED) is 0.601. The predicted molar refractivity (Wildman–Crippen MR) is 111 cm³/mol. The number of carbonyl (C=O) groups is 2. The molecule has 7 nitrogen and oxygen atoms in total. The summed E-state index contributed by atoms with van der Waals surface area (Å²) in [6, 6.07) is 16.1. The summed E-state index contributed by atoms with van der Waals surface area (Å²) in [5, 5.41) is 13.6. The Morgan fingerprint density at radius 3 is 2.41 bits per heavy atom. The standard InChI is InChI=1S/C22H22N4O3/c1-2-3-13-22(25-26-22)14-12-20(27)24-18-10-7-11-19(15-18)29-16-21(28)23-17-8-5-4-6-9-17/h1,4-11,15H,3,12-14,16H2,(H,23,28)(H,24,27). The average Bonchev–Trinajstić information content (AvgIpc) is 3.51. The molecule has 1 aliphatic rings. The molecule has 0 saturated heterocycles. The molecule has 0 fully saturated rings. The van der Waals surface area contributed by atoms with Crippen LogP contribution in [0.3, 0.4) is 0 Å². The highest BCUT2D eigenvalue weighted by molar-refractivity contribution is 5.92. The van der Waals surface area contributed by atoms with Gasteiger partial charge in [-0.15, -0.1) is 12.3 Å². The van der Waals surface area contributed by atoms with E-state index in [0.717, 1.165) is 0 Å². The number of terminal acetylenes is 1. The van der Waals surface area contributed by atoms with Gasteiger partial charge in [0.2, 0.25) is 5.91 Å². The second kappa shape index (κ2) is 9.51. The molecule has 148 valence electrons. The van der Waals surface area contributed by atoms with Crippen LogP contribution in [0.15, 0.2) is 64.8 Å². The molecule has 0 radical (unpaired) electrons. The van der Waals surface area contributed by atoms with E-state index in [9.17, 15) is 9.59 Å². The Bertz CT molecular complexity index is 929. The lowest BCUT2D eigenvalue weighted by molar-refractivity contribution is -0.118. The van der Waals surface area contributed by atoms with Gasteiger partial charge in [0.25, 0.3) is 5.91 Å². The largest absolute Gasteiger partial charge is 0.484 e. The summed E-state index contributed by atoms with van der Waals surface area (Å²) < 4.78 is 5.52. The van der Waals surface area contributed by atoms with Crippen LogP contribution < -0.4 is 15.4 Å². The molecule has 0 spiro atoms. The van der Waals surface area contributed by atoms with Crippen LogP contribution in [-0.4, -0.2) is 24.1 Å². The van der Waals surface area contributed by atoms with Gasteiger partial charge >= 0.3 is 0 Å². The first-order chi connectivity index (χ1) is 14.1. The van der Waals surface area contributed by atoms with Crippen molar-refractivity contribution in [1.29, 1.82) is 0 Å². The molecule has 0 aliphatic carbocycles. The van der Waals surface area contributed by atoms with Crippen molar-refractivity contribution in [2.45, 2.75) is 31.3 Å². The molecular weight excluding hydrogens is 368 g/mol. The van der Waals surface area contributed by atoms with E-state index < -0.39 is 5.66 Å². The highest BCUT2D eigenvalue weighted by Gasteiger charge is 2.39. The number of ether oxygens (including phenoxy) is 1. The Kier molecular flexibility index (Phi) is 6.59. The Balaban J connectivity index is 1.43. The number of anilines is 2. The molecule has 0 aromatic heterocycles. The molecule has 0 unspecified atom stereocenters. The van der Waals surface area contributed by atoms with Crippen LogP contribution in [-0.2, 0) is 9.59 Å². The van der Waals surface area contributed by atoms with Crippen molar-refractivity contribution < 1.29 is 14.3 Å². The number of amides is 2. The first-order valence-corrected chi connectivity index (χ1v) is 9.34. The van der Waals surface area contributed by atoms with Crippen LogP contribution in [0.5, 0.6) is 5.75 Å². The van der Waals surface area contributed by atoms with Crippen LogP contribution >= 0.6 is 0 Å². The predicted octanol–water partition coefficient (Wildman–Crippen LogP) is 4.00. The summed E-state index contributed by atoms with van der Waals surface area (Å²) in [6.07, 6.45) is 7.36. The highest BCUT2D eigenvalue weighted by Crippen LogP contribution is 2.37. The molecule has 2 aromatic carbocycles. The Labute approximate surface area is 169 Å². The number of rotatable bonds is 10. The van der Waals surface area contributed by atoms with Crippen molar-refractivity contribution in [2.75, 3.05) is 17.2 Å². The fourth-order valence-electron chi connectivity index (χ4n) is 2.74. The maximum absolute atomic E-state index is 12.2. The van der Waals surface area contributed by atoms with Crippen molar-refractivity contribution in [3.63, 3.8) is 0 Å². The Morgan fingerprint density at radius 2 is 1.69 bits per heavy atom. The molecule has 0 saturated carbocycles. The van der Waals surface area contributed by atoms with Crippen molar-refractivity contribution in [3.05, 3.63) is 54.6 Å². The van der Waals surface area contributed by atoms with Gasteiger partial charge in [0.05, 0.1) is 0 Å². The minimum atomic E-state index is -0.471. The monoisotopic (exact) mass is 390 g/mol. The molecule has 2 amide bonds. The molecule has 1 aliphatic heterocycles. The molecule has 3 rings (SSSR count). The zero-order valence-electron chi connectivity index (χ0n) is 15.9. The lowest BCUT2D eigenvalue weighted by atomic mass is 10.0.